The van der Waals surface area contributed by atoms with Crippen molar-refractivity contribution in [2.24, 2.45) is 0 Å². The molecule has 10 nitrogen and oxygen atoms in total. The van der Waals surface area contributed by atoms with Gasteiger partial charge >= 0.3 is 11.5 Å². The van der Waals surface area contributed by atoms with Crippen molar-refractivity contribution >= 4 is 28.5 Å². The van der Waals surface area contributed by atoms with E-state index in [0.29, 0.717) is 17.2 Å². The number of nitrogens with zero attached hydrogens (tertiary/aromatic N) is 3. The lowest BCUT2D eigenvalue weighted by Crippen LogP contribution is -2.33. The first-order valence-electron chi connectivity index (χ1n) is 12.3. The summed E-state index contributed by atoms with van der Waals surface area (Å²) < 4.78 is 16.7. The number of methoxy groups -OCH3 is 3. The van der Waals surface area contributed by atoms with Gasteiger partial charge in [-0.2, -0.15) is 0 Å². The van der Waals surface area contributed by atoms with E-state index in [0.717, 1.165) is 21.4 Å². The third kappa shape index (κ3) is 5.14. The fraction of sp³-hybridized carbons (Fsp3) is 0.133. The summed E-state index contributed by atoms with van der Waals surface area (Å²) >= 11 is 0. The van der Waals surface area contributed by atoms with Gasteiger partial charge in [0.1, 0.15) is 12.1 Å². The van der Waals surface area contributed by atoms with Crippen LogP contribution in [0, 0.1) is 0 Å². The maximum Gasteiger partial charge on any atom is 0.345 e. The Kier molecular flexibility index (Phi) is 7.58. The minimum absolute atomic E-state index is 0.0766. The van der Waals surface area contributed by atoms with Gasteiger partial charge in [0, 0.05) is 18.1 Å². The van der Waals surface area contributed by atoms with Crippen molar-refractivity contribution < 1.29 is 23.8 Å². The van der Waals surface area contributed by atoms with Crippen LogP contribution in [0.5, 0.6) is 11.5 Å². The minimum Gasteiger partial charge on any atom is -0.493 e. The van der Waals surface area contributed by atoms with Crippen molar-refractivity contribution in [3.8, 4) is 22.6 Å². The highest BCUT2D eigenvalue weighted by atomic mass is 16.7. The number of nitrogens with one attached hydrogen (secondary N) is 1. The molecule has 0 amide bonds. The van der Waals surface area contributed by atoms with E-state index in [1.807, 2.05) is 72.8 Å². The molecule has 0 spiro atoms. The molecule has 0 saturated heterocycles. The predicted molar refractivity (Wildman–Crippen MR) is 150 cm³/mol. The third-order valence-corrected chi connectivity index (χ3v) is 6.20. The van der Waals surface area contributed by atoms with Gasteiger partial charge in [0.25, 0.3) is 0 Å². The molecule has 3 aromatic carbocycles. The van der Waals surface area contributed by atoms with Crippen LogP contribution in [0.4, 0.5) is 11.4 Å². The average molecular weight is 539 g/mol. The number of ether oxygens (including phenoxy) is 3. The van der Waals surface area contributed by atoms with Crippen molar-refractivity contribution in [1.82, 2.24) is 14.7 Å². The van der Waals surface area contributed by atoms with Gasteiger partial charge in [0.15, 0.2) is 17.1 Å². The highest BCUT2D eigenvalue weighted by Gasteiger charge is 2.26. The Balaban J connectivity index is 1.59. The number of hydrogen-bond donors (Lipinski definition) is 1. The Hall–Kier alpha value is -5.38. The van der Waals surface area contributed by atoms with E-state index in [9.17, 15) is 9.59 Å². The number of benzene rings is 3. The number of carbonyl (C=O) groups is 1. The van der Waals surface area contributed by atoms with E-state index < -0.39 is 11.5 Å². The summed E-state index contributed by atoms with van der Waals surface area (Å²) in [5.41, 5.74) is 2.75. The highest BCUT2D eigenvalue weighted by Crippen LogP contribution is 2.34. The number of pyridine rings is 1. The van der Waals surface area contributed by atoms with E-state index in [1.165, 1.54) is 19.5 Å². The van der Waals surface area contributed by atoms with E-state index in [4.69, 9.17) is 19.0 Å². The maximum atomic E-state index is 13.6. The van der Waals surface area contributed by atoms with E-state index in [2.05, 4.69) is 15.3 Å². The minimum atomic E-state index is -0.840. The Morgan fingerprint density at radius 3 is 2.35 bits per heavy atom. The largest absolute Gasteiger partial charge is 0.493 e. The number of aromatic nitrogens is 3. The maximum absolute atomic E-state index is 13.6. The zero-order valence-corrected chi connectivity index (χ0v) is 22.1. The summed E-state index contributed by atoms with van der Waals surface area (Å²) in [7, 11) is 4.36. The van der Waals surface area contributed by atoms with Crippen molar-refractivity contribution in [1.29, 1.82) is 0 Å². The van der Waals surface area contributed by atoms with Gasteiger partial charge in [-0.15, -0.1) is 4.73 Å². The van der Waals surface area contributed by atoms with Crippen LogP contribution in [0.25, 0.3) is 22.3 Å². The van der Waals surface area contributed by atoms with Gasteiger partial charge < -0.3 is 24.4 Å². The number of rotatable bonds is 9. The monoisotopic (exact) mass is 538 g/mol. The van der Waals surface area contributed by atoms with Gasteiger partial charge in [-0.25, -0.2) is 14.8 Å². The van der Waals surface area contributed by atoms with Gasteiger partial charge in [-0.1, -0.05) is 48.5 Å². The van der Waals surface area contributed by atoms with Crippen molar-refractivity contribution in [2.75, 3.05) is 26.6 Å². The molecule has 2 aromatic heterocycles. The molecule has 1 N–H and O–H groups in total. The fourth-order valence-corrected chi connectivity index (χ4v) is 4.26. The second-order valence-electron chi connectivity index (χ2n) is 8.60. The molecule has 0 atom stereocenters. The van der Waals surface area contributed by atoms with Crippen molar-refractivity contribution in [3.63, 3.8) is 0 Å². The number of fused-ring (bicyclic) bond motifs is 1. The lowest BCUT2D eigenvalue weighted by atomic mass is 10.0. The van der Waals surface area contributed by atoms with Gasteiger partial charge in [-0.3, -0.25) is 4.79 Å². The van der Waals surface area contributed by atoms with Crippen LogP contribution < -0.4 is 25.2 Å². The van der Waals surface area contributed by atoms with Crippen molar-refractivity contribution in [2.45, 2.75) is 6.61 Å². The molecule has 202 valence electrons. The van der Waals surface area contributed by atoms with Crippen LogP contribution >= 0.6 is 0 Å². The van der Waals surface area contributed by atoms with Gasteiger partial charge in [0.05, 0.1) is 27.0 Å². The van der Waals surface area contributed by atoms with Crippen LogP contribution in [0.1, 0.15) is 15.9 Å². The molecule has 0 saturated carbocycles. The molecule has 0 aliphatic carbocycles. The number of esters is 1. The summed E-state index contributed by atoms with van der Waals surface area (Å²) in [5.74, 6) is 0.364. The number of anilines is 2. The average Bonchev–Trinajstić information content (AvgIpc) is 3.01. The van der Waals surface area contributed by atoms with Gasteiger partial charge in [0.2, 0.25) is 5.65 Å². The van der Waals surface area contributed by atoms with E-state index in [-0.39, 0.29) is 29.0 Å². The Morgan fingerprint density at radius 1 is 0.850 bits per heavy atom. The Labute approximate surface area is 229 Å². The van der Waals surface area contributed by atoms with Crippen LogP contribution in [-0.2, 0) is 11.3 Å². The highest BCUT2D eigenvalue weighted by molar-refractivity contribution is 6.04. The zero-order valence-electron chi connectivity index (χ0n) is 22.1. The first kappa shape index (κ1) is 26.2. The molecular weight excluding hydrogens is 512 g/mol. The summed E-state index contributed by atoms with van der Waals surface area (Å²) in [6, 6.07) is 22.4. The lowest BCUT2D eigenvalue weighted by Gasteiger charge is -2.17. The lowest BCUT2D eigenvalue weighted by molar-refractivity contribution is 0.0585. The first-order valence-corrected chi connectivity index (χ1v) is 12.3. The van der Waals surface area contributed by atoms with E-state index >= 15 is 0 Å². The first-order chi connectivity index (χ1) is 19.5. The molecule has 0 aliphatic rings. The molecule has 0 unspecified atom stereocenters. The van der Waals surface area contributed by atoms with Crippen molar-refractivity contribution in [3.05, 3.63) is 107 Å². The Bertz CT molecular complexity index is 1740. The zero-order chi connectivity index (χ0) is 28.1. The van der Waals surface area contributed by atoms with Crippen LogP contribution in [0.15, 0.2) is 90.0 Å². The normalized spacial score (nSPS) is 10.7. The second kappa shape index (κ2) is 11.6. The fourth-order valence-electron chi connectivity index (χ4n) is 4.26. The molecule has 0 aliphatic heterocycles. The molecule has 0 fully saturated rings. The van der Waals surface area contributed by atoms with Crippen LogP contribution in [0.2, 0.25) is 0 Å². The quantitative estimate of drug-likeness (QED) is 0.268. The molecule has 0 bridgehead atoms. The van der Waals surface area contributed by atoms with E-state index in [1.54, 1.807) is 14.2 Å². The SMILES string of the molecule is COC(=O)c1c(Nc2cccc(-c3ccc(OC)c(OC)c3)c2)c2nccnc2n(OCc2ccccc2)c1=O. The van der Waals surface area contributed by atoms with Crippen LogP contribution in [-0.4, -0.2) is 42.0 Å². The topological polar surface area (TPSA) is 114 Å². The second-order valence-corrected chi connectivity index (χ2v) is 8.60. The third-order valence-electron chi connectivity index (χ3n) is 6.20. The van der Waals surface area contributed by atoms with Crippen LogP contribution in [0.3, 0.4) is 0 Å². The molecule has 5 aromatic rings. The number of hydrogen-bond acceptors (Lipinski definition) is 9. The Morgan fingerprint density at radius 2 is 1.60 bits per heavy atom. The molecule has 10 heteroatoms. The molecule has 0 radical (unpaired) electrons. The summed E-state index contributed by atoms with van der Waals surface area (Å²) in [6.45, 7) is 0.0766. The molecule has 5 rings (SSSR count). The molecule has 2 heterocycles. The summed E-state index contributed by atoms with van der Waals surface area (Å²) in [6.07, 6.45) is 2.92. The number of carbonyl (C=O) groups excluding carboxylic acids is 1. The summed E-state index contributed by atoms with van der Waals surface area (Å²) in [4.78, 5) is 41.2. The smallest absolute Gasteiger partial charge is 0.345 e. The summed E-state index contributed by atoms with van der Waals surface area (Å²) in [5, 5.41) is 3.21. The molecular formula is C30H26N4O6. The standard InChI is InChI=1S/C30H26N4O6/c1-37-23-13-12-21(17-24(23)38-2)20-10-7-11-22(16-20)33-26-25(30(36)39-3)29(35)34(28-27(26)31-14-15-32-28)40-18-19-8-5-4-6-9-19/h4-17,33H,18H2,1-3H3. The molecule has 40 heavy (non-hydrogen) atoms. The predicted octanol–water partition coefficient (Wildman–Crippen LogP) is 4.63. The van der Waals surface area contributed by atoms with Gasteiger partial charge in [-0.05, 0) is 41.0 Å².